The van der Waals surface area contributed by atoms with Gasteiger partial charge in [-0.15, -0.1) is 0 Å². The second-order valence-corrected chi connectivity index (χ2v) is 5.06. The second-order valence-electron chi connectivity index (χ2n) is 5.06. The van der Waals surface area contributed by atoms with E-state index in [1.54, 1.807) is 18.0 Å². The summed E-state index contributed by atoms with van der Waals surface area (Å²) in [5.41, 5.74) is 1.05. The summed E-state index contributed by atoms with van der Waals surface area (Å²) in [5, 5.41) is 11.7. The summed E-state index contributed by atoms with van der Waals surface area (Å²) in [7, 11) is 1.68. The lowest BCUT2D eigenvalue weighted by molar-refractivity contribution is -0.120. The molecule has 0 radical (unpaired) electrons. The van der Waals surface area contributed by atoms with Gasteiger partial charge in [-0.25, -0.2) is 4.79 Å². The summed E-state index contributed by atoms with van der Waals surface area (Å²) in [5.74, 6) is -1.17. The first-order chi connectivity index (χ1) is 9.86. The Labute approximate surface area is 121 Å². The minimum atomic E-state index is -1.03. The Balaban J connectivity index is 2.18. The van der Waals surface area contributed by atoms with Gasteiger partial charge in [-0.3, -0.25) is 4.79 Å². The van der Waals surface area contributed by atoms with E-state index in [0.717, 1.165) is 0 Å². The molecule has 0 spiro atoms. The van der Waals surface area contributed by atoms with Crippen molar-refractivity contribution in [3.63, 3.8) is 0 Å². The number of carbonyl (C=O) groups is 2. The Kier molecular flexibility index (Phi) is 4.11. The molecular weight excluding hydrogens is 274 g/mol. The zero-order valence-electron chi connectivity index (χ0n) is 12.1. The van der Waals surface area contributed by atoms with Gasteiger partial charge in [0.25, 0.3) is 6.01 Å². The molecule has 1 aromatic carbocycles. The molecule has 2 aromatic rings. The van der Waals surface area contributed by atoms with Gasteiger partial charge in [0.05, 0.1) is 5.56 Å². The third-order valence-electron chi connectivity index (χ3n) is 2.78. The van der Waals surface area contributed by atoms with Crippen LogP contribution in [0.5, 0.6) is 0 Å². The number of anilines is 1. The van der Waals surface area contributed by atoms with Crippen LogP contribution in [0.3, 0.4) is 0 Å². The average molecular weight is 291 g/mol. The zero-order valence-corrected chi connectivity index (χ0v) is 12.1. The lowest BCUT2D eigenvalue weighted by atomic mass is 10.2. The number of amides is 1. The molecule has 1 aromatic heterocycles. The van der Waals surface area contributed by atoms with Gasteiger partial charge in [-0.05, 0) is 32.0 Å². The number of carbonyl (C=O) groups excluding carboxylic acids is 1. The van der Waals surface area contributed by atoms with E-state index in [1.807, 2.05) is 13.8 Å². The summed E-state index contributed by atoms with van der Waals surface area (Å²) >= 11 is 0. The average Bonchev–Trinajstić information content (AvgIpc) is 2.80. The maximum atomic E-state index is 11.7. The van der Waals surface area contributed by atoms with Crippen molar-refractivity contribution in [1.29, 1.82) is 0 Å². The molecule has 0 fully saturated rings. The van der Waals surface area contributed by atoms with E-state index in [2.05, 4.69) is 10.3 Å². The van der Waals surface area contributed by atoms with Crippen LogP contribution in [0.15, 0.2) is 22.6 Å². The Morgan fingerprint density at radius 1 is 1.43 bits per heavy atom. The van der Waals surface area contributed by atoms with E-state index in [9.17, 15) is 9.59 Å². The second kappa shape index (κ2) is 5.82. The van der Waals surface area contributed by atoms with Crippen LogP contribution in [0.2, 0.25) is 0 Å². The van der Waals surface area contributed by atoms with Crippen LogP contribution < -0.4 is 10.2 Å². The molecule has 21 heavy (non-hydrogen) atoms. The van der Waals surface area contributed by atoms with Crippen LogP contribution in [0.1, 0.15) is 24.2 Å². The minimum Gasteiger partial charge on any atom is -0.478 e. The van der Waals surface area contributed by atoms with Crippen LogP contribution in [-0.4, -0.2) is 41.6 Å². The topological polar surface area (TPSA) is 95.7 Å². The van der Waals surface area contributed by atoms with Crippen LogP contribution in [0.25, 0.3) is 11.1 Å². The van der Waals surface area contributed by atoms with E-state index in [1.165, 1.54) is 12.1 Å². The first-order valence-electron chi connectivity index (χ1n) is 6.51. The molecule has 0 saturated carbocycles. The van der Waals surface area contributed by atoms with Crippen molar-refractivity contribution in [2.75, 3.05) is 18.5 Å². The number of likely N-dealkylation sites (N-methyl/N-ethyl adjacent to an activating group) is 1. The fraction of sp³-hybridized carbons (Fsp3) is 0.357. The first kappa shape index (κ1) is 14.8. The predicted octanol–water partition coefficient (Wildman–Crippen LogP) is 1.49. The number of fused-ring (bicyclic) bond motifs is 1. The molecule has 112 valence electrons. The monoisotopic (exact) mass is 291 g/mol. The molecule has 2 N–H and O–H groups in total. The van der Waals surface area contributed by atoms with Crippen molar-refractivity contribution in [2.45, 2.75) is 19.9 Å². The molecule has 7 heteroatoms. The Hall–Kier alpha value is -2.57. The number of carboxylic acids is 1. The van der Waals surface area contributed by atoms with Crippen LogP contribution in [0.4, 0.5) is 6.01 Å². The summed E-state index contributed by atoms with van der Waals surface area (Å²) in [6.07, 6.45) is 0. The summed E-state index contributed by atoms with van der Waals surface area (Å²) in [4.78, 5) is 28.4. The molecule has 0 aliphatic heterocycles. The molecule has 0 aliphatic rings. The quantitative estimate of drug-likeness (QED) is 0.866. The summed E-state index contributed by atoms with van der Waals surface area (Å²) in [6.45, 7) is 3.87. The number of hydrogen-bond donors (Lipinski definition) is 2. The van der Waals surface area contributed by atoms with Crippen molar-refractivity contribution in [3.8, 4) is 0 Å². The number of nitrogens with zero attached hydrogens (tertiary/aromatic N) is 2. The predicted molar refractivity (Wildman–Crippen MR) is 77.5 cm³/mol. The van der Waals surface area contributed by atoms with E-state index in [-0.39, 0.29) is 30.1 Å². The van der Waals surface area contributed by atoms with Crippen LogP contribution >= 0.6 is 0 Å². The summed E-state index contributed by atoms with van der Waals surface area (Å²) in [6, 6.07) is 4.78. The fourth-order valence-electron chi connectivity index (χ4n) is 1.86. The van der Waals surface area contributed by atoms with Gasteiger partial charge in [-0.2, -0.15) is 4.98 Å². The largest absolute Gasteiger partial charge is 0.478 e. The highest BCUT2D eigenvalue weighted by Crippen LogP contribution is 2.22. The molecule has 0 saturated heterocycles. The van der Waals surface area contributed by atoms with Gasteiger partial charge >= 0.3 is 5.97 Å². The summed E-state index contributed by atoms with van der Waals surface area (Å²) < 4.78 is 5.50. The van der Waals surface area contributed by atoms with Crippen LogP contribution in [-0.2, 0) is 4.79 Å². The maximum absolute atomic E-state index is 11.7. The van der Waals surface area contributed by atoms with Crippen molar-refractivity contribution in [2.24, 2.45) is 0 Å². The SMILES string of the molecule is CC(C)NC(=O)CN(C)c1nc2ccc(C(=O)O)cc2o1. The minimum absolute atomic E-state index is 0.0626. The Morgan fingerprint density at radius 3 is 2.76 bits per heavy atom. The molecule has 0 unspecified atom stereocenters. The fourth-order valence-corrected chi connectivity index (χ4v) is 1.86. The number of oxazole rings is 1. The molecule has 0 atom stereocenters. The van der Waals surface area contributed by atoms with Gasteiger partial charge in [0.1, 0.15) is 12.1 Å². The zero-order chi connectivity index (χ0) is 15.6. The smallest absolute Gasteiger partial charge is 0.335 e. The molecule has 0 bridgehead atoms. The third kappa shape index (κ3) is 3.50. The number of hydrogen-bond acceptors (Lipinski definition) is 5. The Morgan fingerprint density at radius 2 is 2.14 bits per heavy atom. The highest BCUT2D eigenvalue weighted by Gasteiger charge is 2.15. The highest BCUT2D eigenvalue weighted by molar-refractivity contribution is 5.92. The Bertz CT molecular complexity index is 678. The van der Waals surface area contributed by atoms with E-state index < -0.39 is 5.97 Å². The van der Waals surface area contributed by atoms with Gasteiger partial charge in [-0.1, -0.05) is 0 Å². The molecule has 7 nitrogen and oxygen atoms in total. The number of rotatable bonds is 5. The van der Waals surface area contributed by atoms with Crippen molar-refractivity contribution < 1.29 is 19.1 Å². The van der Waals surface area contributed by atoms with Crippen LogP contribution in [0, 0.1) is 0 Å². The lowest BCUT2D eigenvalue weighted by Crippen LogP contribution is -2.38. The number of carboxylic acid groups (broad SMARTS) is 1. The van der Waals surface area contributed by atoms with Gasteiger partial charge in [0.15, 0.2) is 5.58 Å². The molecular formula is C14H17N3O4. The van der Waals surface area contributed by atoms with Gasteiger partial charge in [0, 0.05) is 13.1 Å². The van der Waals surface area contributed by atoms with E-state index >= 15 is 0 Å². The number of aromatic nitrogens is 1. The van der Waals surface area contributed by atoms with Crippen molar-refractivity contribution in [3.05, 3.63) is 23.8 Å². The first-order valence-corrected chi connectivity index (χ1v) is 6.51. The van der Waals surface area contributed by atoms with Gasteiger partial charge < -0.3 is 19.7 Å². The standard InChI is InChI=1S/C14H17N3O4/c1-8(2)15-12(18)7-17(3)14-16-10-5-4-9(13(19)20)6-11(10)21-14/h4-6,8H,7H2,1-3H3,(H,15,18)(H,19,20). The van der Waals surface area contributed by atoms with E-state index in [4.69, 9.17) is 9.52 Å². The maximum Gasteiger partial charge on any atom is 0.335 e. The van der Waals surface area contributed by atoms with Crippen molar-refractivity contribution in [1.82, 2.24) is 10.3 Å². The molecule has 2 rings (SSSR count). The number of benzene rings is 1. The number of nitrogens with one attached hydrogen (secondary N) is 1. The lowest BCUT2D eigenvalue weighted by Gasteiger charge is -2.15. The van der Waals surface area contributed by atoms with Gasteiger partial charge in [0.2, 0.25) is 5.91 Å². The highest BCUT2D eigenvalue weighted by atomic mass is 16.4. The normalized spacial score (nSPS) is 10.9. The van der Waals surface area contributed by atoms with Crippen molar-refractivity contribution >= 4 is 29.0 Å². The third-order valence-corrected chi connectivity index (χ3v) is 2.78. The van der Waals surface area contributed by atoms with E-state index in [0.29, 0.717) is 11.1 Å². The number of aromatic carboxylic acids is 1. The molecule has 1 amide bonds. The molecule has 0 aliphatic carbocycles. The molecule has 1 heterocycles.